The fourth-order valence-corrected chi connectivity index (χ4v) is 2.29. The van der Waals surface area contributed by atoms with Crippen molar-refractivity contribution in [1.29, 1.82) is 0 Å². The summed E-state index contributed by atoms with van der Waals surface area (Å²) in [6, 6.07) is 7.84. The molecule has 0 saturated carbocycles. The molecule has 1 aromatic carbocycles. The van der Waals surface area contributed by atoms with Crippen molar-refractivity contribution in [2.24, 2.45) is 0 Å². The first-order valence-corrected chi connectivity index (χ1v) is 6.46. The largest absolute Gasteiger partial charge is 0.496 e. The van der Waals surface area contributed by atoms with E-state index >= 15 is 0 Å². The molecule has 2 rings (SSSR count). The summed E-state index contributed by atoms with van der Waals surface area (Å²) in [4.78, 5) is 12.0. The van der Waals surface area contributed by atoms with Crippen LogP contribution < -0.4 is 15.4 Å². The Morgan fingerprint density at radius 1 is 1.50 bits per heavy atom. The van der Waals surface area contributed by atoms with E-state index in [1.54, 1.807) is 19.2 Å². The zero-order valence-corrected chi connectivity index (χ0v) is 10.7. The van der Waals surface area contributed by atoms with Crippen LogP contribution in [0.2, 0.25) is 0 Å². The number of methoxy groups -OCH3 is 1. The summed E-state index contributed by atoms with van der Waals surface area (Å²) in [6.07, 6.45) is 3.44. The Bertz CT molecular complexity index is 401. The SMILES string of the molecule is COc1ccccc1C(=O)NCC[C@H]1CCCN1. The summed E-state index contributed by atoms with van der Waals surface area (Å²) >= 11 is 0. The lowest BCUT2D eigenvalue weighted by Gasteiger charge is -2.12. The Hall–Kier alpha value is -1.55. The second kappa shape index (κ2) is 6.40. The average molecular weight is 248 g/mol. The van der Waals surface area contributed by atoms with Gasteiger partial charge < -0.3 is 15.4 Å². The summed E-state index contributed by atoms with van der Waals surface area (Å²) < 4.78 is 5.17. The number of ether oxygens (including phenoxy) is 1. The van der Waals surface area contributed by atoms with Crippen molar-refractivity contribution in [3.8, 4) is 5.75 Å². The molecule has 1 fully saturated rings. The minimum atomic E-state index is -0.0644. The van der Waals surface area contributed by atoms with Gasteiger partial charge in [-0.05, 0) is 37.9 Å². The van der Waals surface area contributed by atoms with Gasteiger partial charge >= 0.3 is 0 Å². The smallest absolute Gasteiger partial charge is 0.255 e. The molecule has 0 aromatic heterocycles. The van der Waals surface area contributed by atoms with Crippen molar-refractivity contribution < 1.29 is 9.53 Å². The molecule has 1 aliphatic rings. The van der Waals surface area contributed by atoms with E-state index in [0.29, 0.717) is 23.9 Å². The van der Waals surface area contributed by atoms with Gasteiger partial charge in [-0.15, -0.1) is 0 Å². The molecule has 0 aliphatic carbocycles. The predicted octanol–water partition coefficient (Wildman–Crippen LogP) is 1.57. The molecule has 98 valence electrons. The highest BCUT2D eigenvalue weighted by molar-refractivity contribution is 5.96. The van der Waals surface area contributed by atoms with Gasteiger partial charge in [0, 0.05) is 12.6 Å². The van der Waals surface area contributed by atoms with E-state index in [9.17, 15) is 4.79 Å². The van der Waals surface area contributed by atoms with Crippen molar-refractivity contribution in [3.05, 3.63) is 29.8 Å². The van der Waals surface area contributed by atoms with Crippen molar-refractivity contribution >= 4 is 5.91 Å². The summed E-state index contributed by atoms with van der Waals surface area (Å²) in [5.41, 5.74) is 0.597. The van der Waals surface area contributed by atoms with E-state index < -0.39 is 0 Å². The molecule has 2 N–H and O–H groups in total. The van der Waals surface area contributed by atoms with Crippen LogP contribution >= 0.6 is 0 Å². The van der Waals surface area contributed by atoms with Crippen molar-refractivity contribution in [2.75, 3.05) is 20.2 Å². The average Bonchev–Trinajstić information content (AvgIpc) is 2.91. The van der Waals surface area contributed by atoms with Crippen molar-refractivity contribution in [2.45, 2.75) is 25.3 Å². The lowest BCUT2D eigenvalue weighted by molar-refractivity contribution is 0.0949. The van der Waals surface area contributed by atoms with Gasteiger partial charge in [-0.2, -0.15) is 0 Å². The highest BCUT2D eigenvalue weighted by atomic mass is 16.5. The van der Waals surface area contributed by atoms with Gasteiger partial charge in [0.2, 0.25) is 0 Å². The van der Waals surface area contributed by atoms with Gasteiger partial charge in [0.1, 0.15) is 5.75 Å². The van der Waals surface area contributed by atoms with Crippen LogP contribution in [0.1, 0.15) is 29.6 Å². The number of carbonyl (C=O) groups excluding carboxylic acids is 1. The summed E-state index contributed by atoms with van der Waals surface area (Å²) in [7, 11) is 1.58. The van der Waals surface area contributed by atoms with Gasteiger partial charge in [-0.3, -0.25) is 4.79 Å². The number of nitrogens with one attached hydrogen (secondary N) is 2. The van der Waals surface area contributed by atoms with Gasteiger partial charge in [-0.25, -0.2) is 0 Å². The molecular weight excluding hydrogens is 228 g/mol. The number of amides is 1. The Balaban J connectivity index is 1.83. The van der Waals surface area contributed by atoms with Crippen LogP contribution in [0.15, 0.2) is 24.3 Å². The lowest BCUT2D eigenvalue weighted by atomic mass is 10.1. The van der Waals surface area contributed by atoms with Crippen LogP contribution in [-0.2, 0) is 0 Å². The molecule has 0 unspecified atom stereocenters. The first-order valence-electron chi connectivity index (χ1n) is 6.46. The van der Waals surface area contributed by atoms with E-state index in [1.165, 1.54) is 12.8 Å². The first kappa shape index (κ1) is 12.9. The Morgan fingerprint density at radius 3 is 3.06 bits per heavy atom. The normalized spacial score (nSPS) is 18.6. The summed E-state index contributed by atoms with van der Waals surface area (Å²) in [5.74, 6) is 0.555. The van der Waals surface area contributed by atoms with Crippen LogP contribution in [-0.4, -0.2) is 32.1 Å². The van der Waals surface area contributed by atoms with Gasteiger partial charge in [0.15, 0.2) is 0 Å². The van der Waals surface area contributed by atoms with Gasteiger partial charge in [-0.1, -0.05) is 12.1 Å². The minimum absolute atomic E-state index is 0.0644. The zero-order chi connectivity index (χ0) is 12.8. The summed E-state index contributed by atoms with van der Waals surface area (Å²) in [6.45, 7) is 1.81. The maximum Gasteiger partial charge on any atom is 0.255 e. The Labute approximate surface area is 108 Å². The van der Waals surface area contributed by atoms with Crippen LogP contribution in [0.25, 0.3) is 0 Å². The highest BCUT2D eigenvalue weighted by Crippen LogP contribution is 2.16. The molecule has 0 spiro atoms. The minimum Gasteiger partial charge on any atom is -0.496 e. The van der Waals surface area contributed by atoms with Crippen molar-refractivity contribution in [3.63, 3.8) is 0 Å². The van der Waals surface area contributed by atoms with Crippen molar-refractivity contribution in [1.82, 2.24) is 10.6 Å². The van der Waals surface area contributed by atoms with E-state index in [4.69, 9.17) is 4.74 Å². The third kappa shape index (κ3) is 3.23. The Morgan fingerprint density at radius 2 is 2.33 bits per heavy atom. The number of carbonyl (C=O) groups is 1. The molecule has 1 atom stereocenters. The van der Waals surface area contributed by atoms with Crippen LogP contribution in [0, 0.1) is 0 Å². The summed E-state index contributed by atoms with van der Waals surface area (Å²) in [5, 5.41) is 6.36. The second-order valence-electron chi connectivity index (χ2n) is 4.54. The quantitative estimate of drug-likeness (QED) is 0.831. The molecule has 4 nitrogen and oxygen atoms in total. The fraction of sp³-hybridized carbons (Fsp3) is 0.500. The zero-order valence-electron chi connectivity index (χ0n) is 10.7. The molecular formula is C14H20N2O2. The van der Waals surface area contributed by atoms with Crippen LogP contribution in [0.4, 0.5) is 0 Å². The number of para-hydroxylation sites is 1. The predicted molar refractivity (Wildman–Crippen MR) is 71.0 cm³/mol. The molecule has 1 aromatic rings. The third-order valence-corrected chi connectivity index (χ3v) is 3.29. The highest BCUT2D eigenvalue weighted by Gasteiger charge is 2.15. The lowest BCUT2D eigenvalue weighted by Crippen LogP contribution is -2.30. The maximum atomic E-state index is 12.0. The molecule has 1 aliphatic heterocycles. The van der Waals surface area contributed by atoms with E-state index in [1.807, 2.05) is 12.1 Å². The van der Waals surface area contributed by atoms with E-state index in [-0.39, 0.29) is 5.91 Å². The number of benzene rings is 1. The molecule has 1 heterocycles. The number of hydrogen-bond donors (Lipinski definition) is 2. The van der Waals surface area contributed by atoms with Crippen LogP contribution in [0.5, 0.6) is 5.75 Å². The molecule has 0 bridgehead atoms. The number of hydrogen-bond acceptors (Lipinski definition) is 3. The topological polar surface area (TPSA) is 50.4 Å². The Kier molecular flexibility index (Phi) is 4.59. The monoisotopic (exact) mass is 248 g/mol. The van der Waals surface area contributed by atoms with E-state index in [0.717, 1.165) is 13.0 Å². The van der Waals surface area contributed by atoms with Gasteiger partial charge in [0.05, 0.1) is 12.7 Å². The molecule has 18 heavy (non-hydrogen) atoms. The molecule has 0 radical (unpaired) electrons. The molecule has 1 amide bonds. The molecule has 4 heteroatoms. The second-order valence-corrected chi connectivity index (χ2v) is 4.54. The maximum absolute atomic E-state index is 12.0. The van der Waals surface area contributed by atoms with E-state index in [2.05, 4.69) is 10.6 Å². The third-order valence-electron chi connectivity index (χ3n) is 3.29. The standard InChI is InChI=1S/C14H20N2O2/c1-18-13-7-3-2-6-12(13)14(17)16-10-8-11-5-4-9-15-11/h2-3,6-7,11,15H,4-5,8-10H2,1H3,(H,16,17)/t11-/m1/s1. The number of rotatable bonds is 5. The molecule has 1 saturated heterocycles. The first-order chi connectivity index (χ1) is 8.81. The fourth-order valence-electron chi connectivity index (χ4n) is 2.29. The van der Waals surface area contributed by atoms with Crippen LogP contribution in [0.3, 0.4) is 0 Å². The van der Waals surface area contributed by atoms with Gasteiger partial charge in [0.25, 0.3) is 5.91 Å².